The van der Waals surface area contributed by atoms with Crippen LogP contribution in [0.15, 0.2) is 65.8 Å². The number of ether oxygens (including phenoxy) is 1. The van der Waals surface area contributed by atoms with Crippen molar-refractivity contribution in [1.29, 1.82) is 0 Å². The van der Waals surface area contributed by atoms with E-state index in [1.807, 2.05) is 38.1 Å². The minimum atomic E-state index is -3.95. The van der Waals surface area contributed by atoms with Gasteiger partial charge in [-0.3, -0.25) is 4.68 Å². The number of halogens is 1. The molecule has 4 aromatic rings. The molecule has 0 atom stereocenters. The number of aryl methyl sites for hydroxylation is 2. The zero-order valence-corrected chi connectivity index (χ0v) is 19.9. The number of anilines is 1. The third-order valence-electron chi connectivity index (χ3n) is 4.95. The molecule has 2 heterocycles. The van der Waals surface area contributed by atoms with Crippen LogP contribution in [0.2, 0.25) is 5.02 Å². The standard InChI is InChI=1S/C23H22ClN5O3S/c1-4-19-21(20-11-6-5-8-15(20)2)26-23(28-33(30,31)18-13-25-29(3)14-18)27-22(19)32-17-10-7-9-16(24)12-17/h5-14H,4H2,1-3H3,(H,26,27,28). The third kappa shape index (κ3) is 4.99. The minimum Gasteiger partial charge on any atom is -0.438 e. The fraction of sp³-hybridized carbons (Fsp3) is 0.174. The van der Waals surface area contributed by atoms with Gasteiger partial charge in [-0.05, 0) is 37.1 Å². The van der Waals surface area contributed by atoms with E-state index in [-0.39, 0.29) is 16.7 Å². The SMILES string of the molecule is CCc1c(Oc2cccc(Cl)c2)nc(NS(=O)(=O)c2cnn(C)c2)nc1-c1ccccc1C. The molecule has 0 bridgehead atoms. The summed E-state index contributed by atoms with van der Waals surface area (Å²) in [6.07, 6.45) is 3.22. The van der Waals surface area contributed by atoms with Crippen molar-refractivity contribution in [3.05, 3.63) is 77.1 Å². The molecule has 0 spiro atoms. The highest BCUT2D eigenvalue weighted by Crippen LogP contribution is 2.34. The third-order valence-corrected chi connectivity index (χ3v) is 6.47. The number of rotatable bonds is 7. The molecule has 0 radical (unpaired) electrons. The molecule has 170 valence electrons. The maximum atomic E-state index is 12.9. The van der Waals surface area contributed by atoms with Gasteiger partial charge in [-0.25, -0.2) is 18.1 Å². The van der Waals surface area contributed by atoms with E-state index in [0.717, 1.165) is 16.7 Å². The van der Waals surface area contributed by atoms with E-state index in [1.165, 1.54) is 17.1 Å². The van der Waals surface area contributed by atoms with E-state index in [2.05, 4.69) is 19.8 Å². The number of benzene rings is 2. The molecule has 1 N–H and O–H groups in total. The van der Waals surface area contributed by atoms with Crippen LogP contribution in [0.4, 0.5) is 5.95 Å². The van der Waals surface area contributed by atoms with Crippen LogP contribution in [0.25, 0.3) is 11.3 Å². The Morgan fingerprint density at radius 1 is 1.12 bits per heavy atom. The molecule has 0 fully saturated rings. The van der Waals surface area contributed by atoms with Crippen molar-refractivity contribution in [3.8, 4) is 22.9 Å². The summed E-state index contributed by atoms with van der Waals surface area (Å²) in [5.74, 6) is 0.621. The number of sulfonamides is 1. The second-order valence-corrected chi connectivity index (χ2v) is 9.48. The first-order valence-corrected chi connectivity index (χ1v) is 12.0. The molecule has 0 saturated heterocycles. The van der Waals surface area contributed by atoms with Crippen LogP contribution in [0, 0.1) is 6.92 Å². The number of nitrogens with zero attached hydrogens (tertiary/aromatic N) is 4. The smallest absolute Gasteiger partial charge is 0.267 e. The first kappa shape index (κ1) is 22.8. The summed E-state index contributed by atoms with van der Waals surface area (Å²) in [5, 5.41) is 4.44. The largest absolute Gasteiger partial charge is 0.438 e. The van der Waals surface area contributed by atoms with E-state index in [0.29, 0.717) is 22.9 Å². The van der Waals surface area contributed by atoms with Crippen LogP contribution in [-0.4, -0.2) is 28.2 Å². The van der Waals surface area contributed by atoms with Gasteiger partial charge in [0.05, 0.1) is 11.9 Å². The highest BCUT2D eigenvalue weighted by molar-refractivity contribution is 7.92. The zero-order valence-electron chi connectivity index (χ0n) is 18.3. The number of aromatic nitrogens is 4. The predicted octanol–water partition coefficient (Wildman–Crippen LogP) is 4.99. The molecule has 2 aromatic heterocycles. The Bertz CT molecular complexity index is 1420. The van der Waals surface area contributed by atoms with E-state index in [9.17, 15) is 8.42 Å². The molecular weight excluding hydrogens is 462 g/mol. The van der Waals surface area contributed by atoms with Gasteiger partial charge in [-0.15, -0.1) is 0 Å². The molecule has 0 saturated carbocycles. The van der Waals surface area contributed by atoms with Crippen molar-refractivity contribution in [2.24, 2.45) is 7.05 Å². The topological polar surface area (TPSA) is 99.0 Å². The molecular formula is C23H22ClN5O3S. The lowest BCUT2D eigenvalue weighted by molar-refractivity contribution is 0.456. The van der Waals surface area contributed by atoms with Crippen molar-refractivity contribution >= 4 is 27.6 Å². The minimum absolute atomic E-state index is 0.00270. The van der Waals surface area contributed by atoms with Crippen LogP contribution in [0.5, 0.6) is 11.6 Å². The molecule has 0 aliphatic heterocycles. The fourth-order valence-electron chi connectivity index (χ4n) is 3.33. The van der Waals surface area contributed by atoms with Crippen LogP contribution in [0.3, 0.4) is 0 Å². The first-order valence-electron chi connectivity index (χ1n) is 10.2. The van der Waals surface area contributed by atoms with Gasteiger partial charge in [0.1, 0.15) is 10.6 Å². The van der Waals surface area contributed by atoms with Crippen molar-refractivity contribution in [2.45, 2.75) is 25.2 Å². The van der Waals surface area contributed by atoms with Crippen molar-refractivity contribution in [2.75, 3.05) is 4.72 Å². The van der Waals surface area contributed by atoms with E-state index < -0.39 is 10.0 Å². The Hall–Kier alpha value is -3.43. The average molecular weight is 484 g/mol. The lowest BCUT2D eigenvalue weighted by Crippen LogP contribution is -2.16. The van der Waals surface area contributed by atoms with E-state index in [4.69, 9.17) is 16.3 Å². The molecule has 0 aliphatic carbocycles. The van der Waals surface area contributed by atoms with Gasteiger partial charge in [0.25, 0.3) is 10.0 Å². The number of hydrogen-bond acceptors (Lipinski definition) is 6. The molecule has 33 heavy (non-hydrogen) atoms. The second-order valence-electron chi connectivity index (χ2n) is 7.36. The summed E-state index contributed by atoms with van der Waals surface area (Å²) in [5.41, 5.74) is 3.18. The van der Waals surface area contributed by atoms with Gasteiger partial charge in [0, 0.05) is 29.4 Å². The molecule has 4 rings (SSSR count). The maximum Gasteiger partial charge on any atom is 0.267 e. The van der Waals surface area contributed by atoms with Gasteiger partial charge in [-0.1, -0.05) is 48.9 Å². The van der Waals surface area contributed by atoms with Crippen molar-refractivity contribution in [1.82, 2.24) is 19.7 Å². The highest BCUT2D eigenvalue weighted by Gasteiger charge is 2.22. The Kier molecular flexibility index (Phi) is 6.35. The first-order chi connectivity index (χ1) is 15.8. The fourth-order valence-corrected chi connectivity index (χ4v) is 4.44. The normalized spacial score (nSPS) is 11.4. The lowest BCUT2D eigenvalue weighted by atomic mass is 10.0. The highest BCUT2D eigenvalue weighted by atomic mass is 35.5. The Morgan fingerprint density at radius 2 is 1.91 bits per heavy atom. The van der Waals surface area contributed by atoms with Crippen LogP contribution in [-0.2, 0) is 23.5 Å². The van der Waals surface area contributed by atoms with E-state index in [1.54, 1.807) is 31.3 Å². The Morgan fingerprint density at radius 3 is 2.58 bits per heavy atom. The maximum absolute atomic E-state index is 12.9. The summed E-state index contributed by atoms with van der Waals surface area (Å²) in [7, 11) is -2.31. The van der Waals surface area contributed by atoms with Gasteiger partial charge in [-0.2, -0.15) is 10.1 Å². The summed E-state index contributed by atoms with van der Waals surface area (Å²) < 4.78 is 35.7. The van der Waals surface area contributed by atoms with Gasteiger partial charge >= 0.3 is 0 Å². The quantitative estimate of drug-likeness (QED) is 0.397. The Balaban J connectivity index is 1.86. The monoisotopic (exact) mass is 483 g/mol. The van der Waals surface area contributed by atoms with E-state index >= 15 is 0 Å². The number of nitrogens with one attached hydrogen (secondary N) is 1. The predicted molar refractivity (Wildman–Crippen MR) is 127 cm³/mol. The molecule has 2 aromatic carbocycles. The second kappa shape index (κ2) is 9.21. The number of hydrogen-bond donors (Lipinski definition) is 1. The molecule has 8 nitrogen and oxygen atoms in total. The molecule has 0 aliphatic rings. The summed E-state index contributed by atoms with van der Waals surface area (Å²) in [6.45, 7) is 3.93. The van der Waals surface area contributed by atoms with Crippen LogP contribution >= 0.6 is 11.6 Å². The average Bonchev–Trinajstić information content (AvgIpc) is 3.21. The van der Waals surface area contributed by atoms with Gasteiger partial charge in [0.2, 0.25) is 11.8 Å². The van der Waals surface area contributed by atoms with Crippen molar-refractivity contribution in [3.63, 3.8) is 0 Å². The van der Waals surface area contributed by atoms with Gasteiger partial charge < -0.3 is 4.74 Å². The van der Waals surface area contributed by atoms with Crippen LogP contribution < -0.4 is 9.46 Å². The zero-order chi connectivity index (χ0) is 23.6. The summed E-state index contributed by atoms with van der Waals surface area (Å²) >= 11 is 6.11. The summed E-state index contributed by atoms with van der Waals surface area (Å²) in [4.78, 5) is 8.99. The molecule has 0 amide bonds. The molecule has 0 unspecified atom stereocenters. The Labute approximate surface area is 197 Å². The van der Waals surface area contributed by atoms with Crippen molar-refractivity contribution < 1.29 is 13.2 Å². The lowest BCUT2D eigenvalue weighted by Gasteiger charge is -2.16. The van der Waals surface area contributed by atoms with Gasteiger partial charge in [0.15, 0.2) is 0 Å². The molecule has 10 heteroatoms. The summed E-state index contributed by atoms with van der Waals surface area (Å²) in [6, 6.07) is 14.6. The van der Waals surface area contributed by atoms with Crippen LogP contribution in [0.1, 0.15) is 18.1 Å².